The predicted octanol–water partition coefficient (Wildman–Crippen LogP) is 3.88. The Balaban J connectivity index is 1.42. The minimum atomic E-state index is -0.743. The van der Waals surface area contributed by atoms with Crippen molar-refractivity contribution in [1.82, 2.24) is 10.3 Å². The van der Waals surface area contributed by atoms with Crippen molar-refractivity contribution >= 4 is 40.1 Å². The van der Waals surface area contributed by atoms with Gasteiger partial charge in [-0.1, -0.05) is 36.4 Å². The number of urea groups is 1. The third-order valence-corrected chi connectivity index (χ3v) is 5.15. The summed E-state index contributed by atoms with van der Waals surface area (Å²) in [6.45, 7) is 3.86. The molecule has 1 heterocycles. The molecule has 0 fully saturated rings. The van der Waals surface area contributed by atoms with Crippen molar-refractivity contribution < 1.29 is 19.1 Å². The van der Waals surface area contributed by atoms with Gasteiger partial charge in [0.15, 0.2) is 17.4 Å². The summed E-state index contributed by atoms with van der Waals surface area (Å²) in [5, 5.41) is 9.91. The van der Waals surface area contributed by atoms with E-state index in [0.29, 0.717) is 17.4 Å². The van der Waals surface area contributed by atoms with Gasteiger partial charge >= 0.3 is 12.0 Å². The fourth-order valence-corrected chi connectivity index (χ4v) is 3.25. The number of esters is 1. The van der Waals surface area contributed by atoms with Crippen molar-refractivity contribution in [2.24, 2.45) is 0 Å². The lowest BCUT2D eigenvalue weighted by Crippen LogP contribution is -2.37. The molecule has 3 aromatic rings. The Hall–Kier alpha value is -3.72. The number of nitrogens with zero attached hydrogens (tertiary/aromatic N) is 1. The topological polar surface area (TPSA) is 109 Å². The van der Waals surface area contributed by atoms with Crippen molar-refractivity contribution in [1.29, 1.82) is 0 Å². The van der Waals surface area contributed by atoms with Gasteiger partial charge in [-0.2, -0.15) is 0 Å². The van der Waals surface area contributed by atoms with E-state index in [1.165, 1.54) is 11.3 Å². The molecular weight excluding hydrogens is 416 g/mol. The van der Waals surface area contributed by atoms with Crippen LogP contribution in [0, 0.1) is 13.8 Å². The lowest BCUT2D eigenvalue weighted by molar-refractivity contribution is -0.123. The summed E-state index contributed by atoms with van der Waals surface area (Å²) in [6, 6.07) is 14.5. The second kappa shape index (κ2) is 10.4. The van der Waals surface area contributed by atoms with Crippen LogP contribution >= 0.6 is 11.3 Å². The van der Waals surface area contributed by atoms with Crippen molar-refractivity contribution in [2.45, 2.75) is 20.4 Å². The Morgan fingerprint density at radius 3 is 2.55 bits per heavy atom. The van der Waals surface area contributed by atoms with Gasteiger partial charge in [-0.05, 0) is 42.7 Å². The number of thiazole rings is 1. The Labute approximate surface area is 183 Å². The first kappa shape index (κ1) is 22.0. The normalized spacial score (nSPS) is 10.3. The van der Waals surface area contributed by atoms with Crippen molar-refractivity contribution in [2.75, 3.05) is 17.2 Å². The highest BCUT2D eigenvalue weighted by molar-refractivity contribution is 7.13. The number of aromatic nitrogens is 1. The molecule has 0 aliphatic rings. The van der Waals surface area contributed by atoms with Crippen LogP contribution in [0.15, 0.2) is 53.9 Å². The number of ether oxygens (including phenoxy) is 1. The molecule has 1 aromatic heterocycles. The number of anilines is 2. The number of hydrogen-bond acceptors (Lipinski definition) is 7. The number of rotatable bonds is 7. The minimum Gasteiger partial charge on any atom is -0.451 e. The van der Waals surface area contributed by atoms with Gasteiger partial charge in [-0.3, -0.25) is 10.1 Å². The number of hydrogen-bond donors (Lipinski definition) is 3. The van der Waals surface area contributed by atoms with Crippen molar-refractivity contribution in [3.8, 4) is 0 Å². The summed E-state index contributed by atoms with van der Waals surface area (Å²) in [5.41, 5.74) is 3.84. The number of carbonyl (C=O) groups excluding carboxylic acids is 3. The Kier molecular flexibility index (Phi) is 7.34. The fraction of sp³-hybridized carbons (Fsp3) is 0.182. The second-order valence-corrected chi connectivity index (χ2v) is 7.61. The zero-order valence-corrected chi connectivity index (χ0v) is 17.9. The zero-order valence-electron chi connectivity index (χ0n) is 17.1. The first-order chi connectivity index (χ1) is 14.9. The number of amides is 3. The quantitative estimate of drug-likeness (QED) is 0.483. The predicted molar refractivity (Wildman–Crippen MR) is 119 cm³/mol. The molecule has 3 N–H and O–H groups in total. The van der Waals surface area contributed by atoms with Crippen LogP contribution in [0.4, 0.5) is 15.6 Å². The molecule has 8 nitrogen and oxygen atoms in total. The molecule has 9 heteroatoms. The molecular formula is C22H22N4O4S. The molecule has 160 valence electrons. The molecule has 0 radical (unpaired) electrons. The van der Waals surface area contributed by atoms with E-state index in [1.807, 2.05) is 50.2 Å². The van der Waals surface area contributed by atoms with E-state index in [-0.39, 0.29) is 5.69 Å². The molecule has 31 heavy (non-hydrogen) atoms. The molecule has 0 unspecified atom stereocenters. The Morgan fingerprint density at radius 1 is 1.03 bits per heavy atom. The van der Waals surface area contributed by atoms with Gasteiger partial charge in [0.05, 0.1) is 0 Å². The fourth-order valence-electron chi connectivity index (χ4n) is 2.57. The van der Waals surface area contributed by atoms with E-state index in [2.05, 4.69) is 20.9 Å². The summed E-state index contributed by atoms with van der Waals surface area (Å²) in [7, 11) is 0. The summed E-state index contributed by atoms with van der Waals surface area (Å²) < 4.78 is 4.94. The zero-order chi connectivity index (χ0) is 22.2. The van der Waals surface area contributed by atoms with Gasteiger partial charge in [0, 0.05) is 17.6 Å². The van der Waals surface area contributed by atoms with E-state index in [4.69, 9.17) is 4.74 Å². The minimum absolute atomic E-state index is 0.0907. The van der Waals surface area contributed by atoms with Crippen LogP contribution in [-0.4, -0.2) is 29.5 Å². The smallest absolute Gasteiger partial charge is 0.358 e. The monoisotopic (exact) mass is 438 g/mol. The summed E-state index contributed by atoms with van der Waals surface area (Å²) in [4.78, 5) is 40.1. The largest absolute Gasteiger partial charge is 0.451 e. The molecule has 0 atom stereocenters. The van der Waals surface area contributed by atoms with E-state index < -0.39 is 24.5 Å². The maximum atomic E-state index is 12.1. The number of carbonyl (C=O) groups is 3. The van der Waals surface area contributed by atoms with Gasteiger partial charge in [0.25, 0.3) is 5.91 Å². The Bertz CT molecular complexity index is 1080. The van der Waals surface area contributed by atoms with Gasteiger partial charge < -0.3 is 15.4 Å². The van der Waals surface area contributed by atoms with Crippen LogP contribution in [0.5, 0.6) is 0 Å². The third-order valence-electron chi connectivity index (χ3n) is 4.35. The van der Waals surface area contributed by atoms with Gasteiger partial charge in [-0.25, -0.2) is 14.6 Å². The van der Waals surface area contributed by atoms with Crippen LogP contribution in [0.1, 0.15) is 27.2 Å². The first-order valence-electron chi connectivity index (χ1n) is 9.49. The van der Waals surface area contributed by atoms with Crippen molar-refractivity contribution in [3.05, 3.63) is 76.3 Å². The van der Waals surface area contributed by atoms with Gasteiger partial charge in [0.2, 0.25) is 0 Å². The van der Waals surface area contributed by atoms with Crippen LogP contribution in [-0.2, 0) is 16.1 Å². The summed E-state index contributed by atoms with van der Waals surface area (Å²) in [5.74, 6) is -1.49. The molecule has 0 aliphatic heterocycles. The first-order valence-corrected chi connectivity index (χ1v) is 10.4. The maximum Gasteiger partial charge on any atom is 0.358 e. The van der Waals surface area contributed by atoms with E-state index in [1.54, 1.807) is 17.5 Å². The second-order valence-electron chi connectivity index (χ2n) is 6.75. The number of imide groups is 1. The van der Waals surface area contributed by atoms with Crippen LogP contribution in [0.25, 0.3) is 0 Å². The van der Waals surface area contributed by atoms with E-state index in [9.17, 15) is 14.4 Å². The van der Waals surface area contributed by atoms with Gasteiger partial charge in [-0.15, -0.1) is 11.3 Å². The molecule has 0 spiro atoms. The summed E-state index contributed by atoms with van der Waals surface area (Å²) in [6.07, 6.45) is 0. The highest BCUT2D eigenvalue weighted by atomic mass is 32.1. The Morgan fingerprint density at radius 2 is 1.81 bits per heavy atom. The van der Waals surface area contributed by atoms with Crippen LogP contribution in [0.3, 0.4) is 0 Å². The van der Waals surface area contributed by atoms with Crippen LogP contribution in [0.2, 0.25) is 0 Å². The van der Waals surface area contributed by atoms with Gasteiger partial charge in [0.1, 0.15) is 0 Å². The molecule has 0 saturated carbocycles. The lowest BCUT2D eigenvalue weighted by Gasteiger charge is -2.08. The average molecular weight is 439 g/mol. The molecule has 0 bridgehead atoms. The van der Waals surface area contributed by atoms with Crippen LogP contribution < -0.4 is 16.0 Å². The molecule has 3 rings (SSSR count). The molecule has 2 aromatic carbocycles. The number of aryl methyl sites for hydroxylation is 2. The summed E-state index contributed by atoms with van der Waals surface area (Å²) >= 11 is 1.26. The highest BCUT2D eigenvalue weighted by Gasteiger charge is 2.15. The third kappa shape index (κ3) is 6.65. The number of benzene rings is 2. The molecule has 3 amide bonds. The maximum absolute atomic E-state index is 12.1. The standard InChI is InChI=1S/C22H22N4O4S/c1-14-8-9-17(10-15(14)2)24-21(29)26-19(27)12-30-20(28)18-13-31-22(25-18)23-11-16-6-4-3-5-7-16/h3-10,13H,11-12H2,1-2H3,(H,23,25)(H2,24,26,27,29). The average Bonchev–Trinajstić information content (AvgIpc) is 3.23. The van der Waals surface area contributed by atoms with E-state index >= 15 is 0 Å². The molecule has 0 saturated heterocycles. The SMILES string of the molecule is Cc1ccc(NC(=O)NC(=O)COC(=O)c2csc(NCc3ccccc3)n2)cc1C. The lowest BCUT2D eigenvalue weighted by atomic mass is 10.1. The molecule has 0 aliphatic carbocycles. The van der Waals surface area contributed by atoms with E-state index in [0.717, 1.165) is 16.7 Å². The number of nitrogens with one attached hydrogen (secondary N) is 3. The highest BCUT2D eigenvalue weighted by Crippen LogP contribution is 2.17. The van der Waals surface area contributed by atoms with Crippen molar-refractivity contribution in [3.63, 3.8) is 0 Å².